The SMILES string of the molecule is COC(=O)c1cc2c(cc1Br)N(C)C(O)C2(C)C. The molecule has 4 nitrogen and oxygen atoms in total. The van der Waals surface area contributed by atoms with E-state index in [0.29, 0.717) is 10.0 Å². The molecule has 1 aliphatic heterocycles. The lowest BCUT2D eigenvalue weighted by molar-refractivity contribution is 0.0599. The third-order valence-electron chi connectivity index (χ3n) is 3.58. The van der Waals surface area contributed by atoms with Crippen molar-refractivity contribution in [3.63, 3.8) is 0 Å². The second kappa shape index (κ2) is 4.24. The van der Waals surface area contributed by atoms with Gasteiger partial charge in [-0.15, -0.1) is 0 Å². The lowest BCUT2D eigenvalue weighted by atomic mass is 9.84. The number of likely N-dealkylation sites (N-methyl/N-ethyl adjacent to an activating group) is 1. The van der Waals surface area contributed by atoms with Crippen molar-refractivity contribution in [2.75, 3.05) is 19.1 Å². The minimum atomic E-state index is -0.604. The van der Waals surface area contributed by atoms with E-state index in [4.69, 9.17) is 4.74 Å². The molecule has 5 heteroatoms. The molecule has 1 unspecified atom stereocenters. The predicted molar refractivity (Wildman–Crippen MR) is 72.9 cm³/mol. The van der Waals surface area contributed by atoms with Gasteiger partial charge in [0.1, 0.15) is 6.23 Å². The number of rotatable bonds is 1. The first kappa shape index (κ1) is 13.4. The van der Waals surface area contributed by atoms with Crippen LogP contribution in [-0.4, -0.2) is 31.5 Å². The molecule has 0 radical (unpaired) electrons. The fraction of sp³-hybridized carbons (Fsp3) is 0.462. The van der Waals surface area contributed by atoms with Crippen LogP contribution in [0.15, 0.2) is 16.6 Å². The summed E-state index contributed by atoms with van der Waals surface area (Å²) in [6.07, 6.45) is -0.604. The average molecular weight is 314 g/mol. The maximum atomic E-state index is 11.7. The standard InChI is InChI=1S/C13H16BrNO3/c1-13(2)8-5-7(11(16)18-4)9(14)6-10(8)15(3)12(13)17/h5-6,12,17H,1-4H3. The molecule has 0 aromatic heterocycles. The molecule has 1 aromatic carbocycles. The Morgan fingerprint density at radius 1 is 1.50 bits per heavy atom. The average Bonchev–Trinajstić information content (AvgIpc) is 2.49. The Labute approximate surface area is 115 Å². The summed E-state index contributed by atoms with van der Waals surface area (Å²) >= 11 is 3.37. The quantitative estimate of drug-likeness (QED) is 0.808. The van der Waals surface area contributed by atoms with Gasteiger partial charge in [0, 0.05) is 22.6 Å². The second-order valence-electron chi connectivity index (χ2n) is 5.05. The fourth-order valence-electron chi connectivity index (χ4n) is 2.39. The molecule has 0 spiro atoms. The first-order chi connectivity index (χ1) is 8.30. The van der Waals surface area contributed by atoms with Crippen molar-refractivity contribution >= 4 is 27.6 Å². The van der Waals surface area contributed by atoms with Crippen LogP contribution in [0.25, 0.3) is 0 Å². The molecule has 0 fully saturated rings. The van der Waals surface area contributed by atoms with Gasteiger partial charge in [-0.1, -0.05) is 13.8 Å². The number of hydrogen-bond donors (Lipinski definition) is 1. The zero-order chi connectivity index (χ0) is 13.7. The molecule has 1 heterocycles. The summed E-state index contributed by atoms with van der Waals surface area (Å²) in [6.45, 7) is 3.91. The molecule has 0 saturated carbocycles. The number of carbonyl (C=O) groups excluding carboxylic acids is 1. The van der Waals surface area contributed by atoms with Crippen molar-refractivity contribution in [1.29, 1.82) is 0 Å². The summed E-state index contributed by atoms with van der Waals surface area (Å²) in [5.74, 6) is -0.385. The number of hydrogen-bond acceptors (Lipinski definition) is 4. The van der Waals surface area contributed by atoms with Crippen molar-refractivity contribution in [2.24, 2.45) is 0 Å². The van der Waals surface area contributed by atoms with Crippen molar-refractivity contribution in [3.8, 4) is 0 Å². The van der Waals surface area contributed by atoms with E-state index in [1.807, 2.05) is 27.0 Å². The second-order valence-corrected chi connectivity index (χ2v) is 5.90. The van der Waals surface area contributed by atoms with Gasteiger partial charge in [0.05, 0.1) is 12.7 Å². The van der Waals surface area contributed by atoms with E-state index in [2.05, 4.69) is 15.9 Å². The zero-order valence-corrected chi connectivity index (χ0v) is 12.4. The van der Waals surface area contributed by atoms with Gasteiger partial charge in [0.15, 0.2) is 0 Å². The number of nitrogens with zero attached hydrogens (tertiary/aromatic N) is 1. The molecule has 1 aliphatic rings. The molecule has 0 bridgehead atoms. The first-order valence-electron chi connectivity index (χ1n) is 5.64. The van der Waals surface area contributed by atoms with E-state index in [1.54, 1.807) is 11.0 Å². The van der Waals surface area contributed by atoms with E-state index in [-0.39, 0.29) is 5.97 Å². The Hall–Kier alpha value is -1.07. The van der Waals surface area contributed by atoms with Crippen molar-refractivity contribution in [1.82, 2.24) is 0 Å². The van der Waals surface area contributed by atoms with Crippen LogP contribution >= 0.6 is 15.9 Å². The molecule has 0 saturated heterocycles. The summed E-state index contributed by atoms with van der Waals surface area (Å²) in [7, 11) is 3.19. The lowest BCUT2D eigenvalue weighted by Gasteiger charge is -2.26. The third-order valence-corrected chi connectivity index (χ3v) is 4.23. The van der Waals surface area contributed by atoms with E-state index in [0.717, 1.165) is 11.3 Å². The fourth-order valence-corrected chi connectivity index (χ4v) is 2.89. The van der Waals surface area contributed by atoms with E-state index < -0.39 is 11.6 Å². The number of aliphatic hydroxyl groups is 1. The van der Waals surface area contributed by atoms with Crippen LogP contribution in [0.1, 0.15) is 29.8 Å². The van der Waals surface area contributed by atoms with Crippen molar-refractivity contribution in [3.05, 3.63) is 27.7 Å². The zero-order valence-electron chi connectivity index (χ0n) is 10.8. The van der Waals surface area contributed by atoms with E-state index in [9.17, 15) is 9.90 Å². The van der Waals surface area contributed by atoms with Gasteiger partial charge in [-0.3, -0.25) is 0 Å². The molecule has 0 amide bonds. The van der Waals surface area contributed by atoms with Gasteiger partial charge in [-0.2, -0.15) is 0 Å². The number of fused-ring (bicyclic) bond motifs is 1. The minimum absolute atomic E-state index is 0.385. The molecule has 98 valence electrons. The van der Waals surface area contributed by atoms with Gasteiger partial charge >= 0.3 is 5.97 Å². The van der Waals surface area contributed by atoms with Crippen LogP contribution in [0.5, 0.6) is 0 Å². The normalized spacial score (nSPS) is 20.8. The van der Waals surface area contributed by atoms with Gasteiger partial charge in [0.2, 0.25) is 0 Å². The minimum Gasteiger partial charge on any atom is -0.465 e. The largest absolute Gasteiger partial charge is 0.465 e. The third kappa shape index (κ3) is 1.73. The number of ether oxygens (including phenoxy) is 1. The summed E-state index contributed by atoms with van der Waals surface area (Å²) in [6, 6.07) is 3.64. The molecule has 1 atom stereocenters. The van der Waals surface area contributed by atoms with Gasteiger partial charge in [0.25, 0.3) is 0 Å². The van der Waals surface area contributed by atoms with Gasteiger partial charge in [-0.05, 0) is 33.6 Å². The van der Waals surface area contributed by atoms with E-state index >= 15 is 0 Å². The summed E-state index contributed by atoms with van der Waals surface area (Å²) in [5, 5.41) is 10.2. The van der Waals surface area contributed by atoms with Crippen molar-refractivity contribution in [2.45, 2.75) is 25.5 Å². The molecule has 1 N–H and O–H groups in total. The summed E-state index contributed by atoms with van der Waals surface area (Å²) in [4.78, 5) is 13.5. The van der Waals surface area contributed by atoms with Crippen LogP contribution in [0.3, 0.4) is 0 Å². The highest BCUT2D eigenvalue weighted by Gasteiger charge is 2.42. The Morgan fingerprint density at radius 2 is 2.11 bits per heavy atom. The lowest BCUT2D eigenvalue weighted by Crippen LogP contribution is -2.38. The Balaban J connectivity index is 2.64. The topological polar surface area (TPSA) is 49.8 Å². The highest BCUT2D eigenvalue weighted by Crippen LogP contribution is 2.45. The highest BCUT2D eigenvalue weighted by atomic mass is 79.9. The number of benzene rings is 1. The molecule has 2 rings (SSSR count). The highest BCUT2D eigenvalue weighted by molar-refractivity contribution is 9.10. The Kier molecular flexibility index (Phi) is 3.15. The van der Waals surface area contributed by atoms with Crippen LogP contribution in [-0.2, 0) is 10.2 Å². The number of carbonyl (C=O) groups is 1. The Morgan fingerprint density at radius 3 is 2.67 bits per heavy atom. The van der Waals surface area contributed by atoms with Crippen LogP contribution < -0.4 is 4.90 Å². The smallest absolute Gasteiger partial charge is 0.339 e. The van der Waals surface area contributed by atoms with Gasteiger partial charge in [-0.25, -0.2) is 4.79 Å². The van der Waals surface area contributed by atoms with E-state index in [1.165, 1.54) is 7.11 Å². The van der Waals surface area contributed by atoms with Crippen molar-refractivity contribution < 1.29 is 14.6 Å². The maximum absolute atomic E-state index is 11.7. The Bertz CT molecular complexity index is 513. The van der Waals surface area contributed by atoms with Crippen LogP contribution in [0.4, 0.5) is 5.69 Å². The molecule has 0 aliphatic carbocycles. The number of halogens is 1. The number of aliphatic hydroxyl groups excluding tert-OH is 1. The first-order valence-corrected chi connectivity index (χ1v) is 6.43. The monoisotopic (exact) mass is 313 g/mol. The van der Waals surface area contributed by atoms with Crippen LogP contribution in [0, 0.1) is 0 Å². The summed E-state index contributed by atoms with van der Waals surface area (Å²) in [5.41, 5.74) is 1.92. The van der Waals surface area contributed by atoms with Gasteiger partial charge < -0.3 is 14.7 Å². The molecule has 1 aromatic rings. The predicted octanol–water partition coefficient (Wildman–Crippen LogP) is 2.28. The number of anilines is 1. The number of methoxy groups -OCH3 is 1. The van der Waals surface area contributed by atoms with Crippen LogP contribution in [0.2, 0.25) is 0 Å². The maximum Gasteiger partial charge on any atom is 0.339 e. The molecule has 18 heavy (non-hydrogen) atoms. The molecular weight excluding hydrogens is 298 g/mol. The molecular formula is C13H16BrNO3. The summed E-state index contributed by atoms with van der Waals surface area (Å²) < 4.78 is 5.42. The number of esters is 1.